The van der Waals surface area contributed by atoms with Gasteiger partial charge in [-0.25, -0.2) is 4.39 Å². The molecule has 3 aromatic rings. The Kier molecular flexibility index (Phi) is 6.39. The van der Waals surface area contributed by atoms with Gasteiger partial charge in [0.25, 0.3) is 0 Å². The number of hydrogen-bond acceptors (Lipinski definition) is 2. The summed E-state index contributed by atoms with van der Waals surface area (Å²) in [5.41, 5.74) is 4.72. The smallest absolute Gasteiger partial charge is 0.388 e. The van der Waals surface area contributed by atoms with Crippen molar-refractivity contribution < 1.29 is 22.7 Å². The van der Waals surface area contributed by atoms with Crippen LogP contribution in [0.3, 0.4) is 0 Å². The molecule has 6 heteroatoms. The highest BCUT2D eigenvalue weighted by atomic mass is 19.4. The average Bonchev–Trinajstić information content (AvgIpc) is 2.77. The van der Waals surface area contributed by atoms with Crippen LogP contribution in [0.2, 0.25) is 0 Å². The number of nitrogens with zero attached hydrogens (tertiary/aromatic N) is 1. The van der Waals surface area contributed by atoms with Gasteiger partial charge in [0.1, 0.15) is 5.82 Å². The van der Waals surface area contributed by atoms with Gasteiger partial charge in [-0.1, -0.05) is 50.3 Å². The van der Waals surface area contributed by atoms with Crippen molar-refractivity contribution in [1.82, 2.24) is 4.98 Å². The molecule has 172 valence electrons. The summed E-state index contributed by atoms with van der Waals surface area (Å²) in [4.78, 5) is 4.89. The molecule has 0 spiro atoms. The highest BCUT2D eigenvalue weighted by Gasteiger charge is 2.30. The third-order valence-electron chi connectivity index (χ3n) is 5.97. The highest BCUT2D eigenvalue weighted by molar-refractivity contribution is 5.85. The molecule has 1 aliphatic carbocycles. The molecule has 1 atom stereocenters. The van der Waals surface area contributed by atoms with E-state index in [2.05, 4.69) is 0 Å². The van der Waals surface area contributed by atoms with Crippen LogP contribution in [-0.4, -0.2) is 10.1 Å². The van der Waals surface area contributed by atoms with Gasteiger partial charge in [-0.3, -0.25) is 4.98 Å². The summed E-state index contributed by atoms with van der Waals surface area (Å²) >= 11 is 0. The average molecular weight is 455 g/mol. The first-order valence-electron chi connectivity index (χ1n) is 11.0. The predicted molar refractivity (Wildman–Crippen MR) is 122 cm³/mol. The van der Waals surface area contributed by atoms with E-state index >= 15 is 0 Å². The van der Waals surface area contributed by atoms with E-state index in [0.29, 0.717) is 12.0 Å². The number of pyridine rings is 1. The molecule has 0 saturated heterocycles. The third-order valence-corrected chi connectivity index (χ3v) is 5.97. The highest BCUT2D eigenvalue weighted by Crippen LogP contribution is 2.42. The molecular weight excluding hydrogens is 430 g/mol. The number of alkyl halides is 3. The fourth-order valence-corrected chi connectivity index (χ4v) is 4.34. The van der Waals surface area contributed by atoms with Crippen LogP contribution in [-0.2, 0) is 12.6 Å². The number of aryl methyl sites for hydroxylation is 1. The number of halogens is 4. The van der Waals surface area contributed by atoms with Crippen molar-refractivity contribution in [3.8, 4) is 11.1 Å². The van der Waals surface area contributed by atoms with Crippen molar-refractivity contribution in [1.29, 1.82) is 0 Å². The second-order valence-corrected chi connectivity index (χ2v) is 8.67. The van der Waals surface area contributed by atoms with E-state index in [1.165, 1.54) is 24.3 Å². The summed E-state index contributed by atoms with van der Waals surface area (Å²) in [6.45, 7) is 4.05. The van der Waals surface area contributed by atoms with Gasteiger partial charge in [-0.15, -0.1) is 0 Å². The lowest BCUT2D eigenvalue weighted by atomic mass is 9.82. The molecule has 1 aromatic heterocycles. The van der Waals surface area contributed by atoms with Crippen LogP contribution >= 0.6 is 0 Å². The summed E-state index contributed by atoms with van der Waals surface area (Å²) < 4.78 is 52.4. The normalized spacial score (nSPS) is 16.4. The maximum absolute atomic E-state index is 13.7. The molecule has 1 N–H and O–H groups in total. The summed E-state index contributed by atoms with van der Waals surface area (Å²) in [5, 5.41) is 10.9. The van der Waals surface area contributed by atoms with Gasteiger partial charge < -0.3 is 5.11 Å². The van der Waals surface area contributed by atoms with Crippen molar-refractivity contribution in [3.63, 3.8) is 0 Å². The predicted octanol–water partition coefficient (Wildman–Crippen LogP) is 7.57. The molecule has 1 aliphatic rings. The Labute approximate surface area is 190 Å². The number of fused-ring (bicyclic) bond motifs is 1. The fraction of sp³-hybridized carbons (Fsp3) is 0.296. The van der Waals surface area contributed by atoms with Gasteiger partial charge >= 0.3 is 6.18 Å². The molecule has 2 aromatic carbocycles. The number of hydrogen-bond donors (Lipinski definition) is 1. The van der Waals surface area contributed by atoms with Crippen LogP contribution in [0, 0.1) is 5.82 Å². The lowest BCUT2D eigenvalue weighted by Gasteiger charge is -2.28. The quantitative estimate of drug-likeness (QED) is 0.412. The molecular formula is C27H25F4NO. The fourth-order valence-electron chi connectivity index (χ4n) is 4.34. The van der Waals surface area contributed by atoms with E-state index in [1.54, 1.807) is 18.2 Å². The first-order chi connectivity index (χ1) is 15.6. The Balaban J connectivity index is 1.89. The SMILES string of the molecule is CC(C)c1nc2c(c(-c3ccc(F)cc3)c1/C=C/c1ccc(C(F)(F)F)cc1)C(O)CCC2. The van der Waals surface area contributed by atoms with Crippen LogP contribution in [0.4, 0.5) is 17.6 Å². The summed E-state index contributed by atoms with van der Waals surface area (Å²) in [5.74, 6) is -0.283. The van der Waals surface area contributed by atoms with Crippen LogP contribution in [0.15, 0.2) is 48.5 Å². The van der Waals surface area contributed by atoms with Gasteiger partial charge in [0.05, 0.1) is 17.4 Å². The second kappa shape index (κ2) is 9.10. The van der Waals surface area contributed by atoms with Gasteiger partial charge in [0.15, 0.2) is 0 Å². The summed E-state index contributed by atoms with van der Waals surface area (Å²) in [6, 6.07) is 11.1. The van der Waals surface area contributed by atoms with E-state index in [-0.39, 0.29) is 11.7 Å². The maximum Gasteiger partial charge on any atom is 0.416 e. The molecule has 33 heavy (non-hydrogen) atoms. The summed E-state index contributed by atoms with van der Waals surface area (Å²) in [6.07, 6.45) is 0.725. The van der Waals surface area contributed by atoms with Crippen LogP contribution in [0.5, 0.6) is 0 Å². The van der Waals surface area contributed by atoms with Crippen LogP contribution < -0.4 is 0 Å². The monoisotopic (exact) mass is 455 g/mol. The van der Waals surface area contributed by atoms with Crippen molar-refractivity contribution in [2.24, 2.45) is 0 Å². The van der Waals surface area contributed by atoms with Gasteiger partial charge in [0.2, 0.25) is 0 Å². The largest absolute Gasteiger partial charge is 0.416 e. The Morgan fingerprint density at radius 3 is 2.27 bits per heavy atom. The minimum atomic E-state index is -4.39. The Morgan fingerprint density at radius 1 is 1.00 bits per heavy atom. The van der Waals surface area contributed by atoms with Crippen LogP contribution in [0.25, 0.3) is 23.3 Å². The van der Waals surface area contributed by atoms with Crippen molar-refractivity contribution in [3.05, 3.63) is 88.0 Å². The zero-order valence-electron chi connectivity index (χ0n) is 18.5. The minimum Gasteiger partial charge on any atom is -0.388 e. The van der Waals surface area contributed by atoms with Gasteiger partial charge in [-0.05, 0) is 66.1 Å². The number of aliphatic hydroxyl groups is 1. The van der Waals surface area contributed by atoms with Crippen molar-refractivity contribution >= 4 is 12.2 Å². The third kappa shape index (κ3) is 4.86. The standard InChI is InChI=1S/C27H25F4NO/c1-16(2)26-21(15-8-17-6-11-19(12-7-17)27(29,30)31)24(18-9-13-20(28)14-10-18)25-22(32-26)4-3-5-23(25)33/h6-16,23,33H,3-5H2,1-2H3/b15-8+. The Hall–Kier alpha value is -2.99. The van der Waals surface area contributed by atoms with Crippen molar-refractivity contribution in [2.75, 3.05) is 0 Å². The summed E-state index contributed by atoms with van der Waals surface area (Å²) in [7, 11) is 0. The molecule has 1 heterocycles. The second-order valence-electron chi connectivity index (χ2n) is 8.67. The number of aliphatic hydroxyl groups excluding tert-OH is 1. The van der Waals surface area contributed by atoms with Crippen molar-refractivity contribution in [2.45, 2.75) is 51.3 Å². The lowest BCUT2D eigenvalue weighted by Crippen LogP contribution is -2.16. The van der Waals surface area contributed by atoms with Crippen LogP contribution in [0.1, 0.15) is 72.4 Å². The molecule has 4 rings (SSSR count). The number of rotatable bonds is 4. The number of aromatic nitrogens is 1. The molecule has 0 saturated carbocycles. The Morgan fingerprint density at radius 2 is 1.67 bits per heavy atom. The zero-order chi connectivity index (χ0) is 23.8. The van der Waals surface area contributed by atoms with Gasteiger partial charge in [-0.2, -0.15) is 13.2 Å². The zero-order valence-corrected chi connectivity index (χ0v) is 18.5. The molecule has 0 aliphatic heterocycles. The topological polar surface area (TPSA) is 33.1 Å². The lowest BCUT2D eigenvalue weighted by molar-refractivity contribution is -0.137. The molecule has 0 bridgehead atoms. The van der Waals surface area contributed by atoms with Gasteiger partial charge in [0, 0.05) is 16.8 Å². The molecule has 0 amide bonds. The van der Waals surface area contributed by atoms with E-state index in [4.69, 9.17) is 4.98 Å². The molecule has 0 radical (unpaired) electrons. The minimum absolute atomic E-state index is 0.0702. The van der Waals surface area contributed by atoms with E-state index in [1.807, 2.05) is 19.9 Å². The van der Waals surface area contributed by atoms with E-state index < -0.39 is 17.8 Å². The Bertz CT molecular complexity index is 1160. The first kappa shape index (κ1) is 23.2. The molecule has 2 nitrogen and oxygen atoms in total. The maximum atomic E-state index is 13.7. The van der Waals surface area contributed by atoms with E-state index in [9.17, 15) is 22.7 Å². The van der Waals surface area contributed by atoms with E-state index in [0.717, 1.165) is 58.6 Å². The molecule has 1 unspecified atom stereocenters. The number of benzene rings is 2. The first-order valence-corrected chi connectivity index (χ1v) is 11.0. The molecule has 0 fully saturated rings.